The lowest BCUT2D eigenvalue weighted by molar-refractivity contribution is 0.566. The lowest BCUT2D eigenvalue weighted by Gasteiger charge is -2.22. The Kier molecular flexibility index (Phi) is 5.33. The molecule has 70 valence electrons. The van der Waals surface area contributed by atoms with Crippen molar-refractivity contribution in [3.8, 4) is 11.5 Å². The van der Waals surface area contributed by atoms with Crippen LogP contribution >= 0.6 is 0 Å². The molecule has 1 heteroatoms. The molecule has 0 bridgehead atoms. The SMILES string of the molecule is CCC(C)(CC)[SiH2]C#CC(C)C. The van der Waals surface area contributed by atoms with Crippen LogP contribution in [0, 0.1) is 17.4 Å². The van der Waals surface area contributed by atoms with Crippen molar-refractivity contribution in [2.75, 3.05) is 0 Å². The Balaban J connectivity index is 3.99. The fraction of sp³-hybridized carbons (Fsp3) is 0.818. The summed E-state index contributed by atoms with van der Waals surface area (Å²) in [6.45, 7) is 11.3. The number of hydrogen-bond donors (Lipinski definition) is 0. The van der Waals surface area contributed by atoms with Crippen molar-refractivity contribution in [2.24, 2.45) is 5.92 Å². The topological polar surface area (TPSA) is 0 Å². The lowest BCUT2D eigenvalue weighted by atomic mass is 10.1. The van der Waals surface area contributed by atoms with E-state index in [1.165, 1.54) is 12.8 Å². The summed E-state index contributed by atoms with van der Waals surface area (Å²) in [4.78, 5) is 0. The predicted octanol–water partition coefficient (Wildman–Crippen LogP) is 2.77. The third-order valence-electron chi connectivity index (χ3n) is 2.61. The van der Waals surface area contributed by atoms with Gasteiger partial charge in [-0.3, -0.25) is 0 Å². The molecule has 12 heavy (non-hydrogen) atoms. The zero-order valence-electron chi connectivity index (χ0n) is 9.20. The first kappa shape index (κ1) is 11.8. The monoisotopic (exact) mass is 182 g/mol. The van der Waals surface area contributed by atoms with E-state index < -0.39 is 0 Å². The molecule has 0 aromatic carbocycles. The number of rotatable bonds is 3. The van der Waals surface area contributed by atoms with Crippen LogP contribution in [0.15, 0.2) is 0 Å². The third-order valence-corrected chi connectivity index (χ3v) is 4.85. The first-order chi connectivity index (χ1) is 5.54. The van der Waals surface area contributed by atoms with Crippen LogP contribution in [0.3, 0.4) is 0 Å². The second kappa shape index (κ2) is 5.43. The highest BCUT2D eigenvalue weighted by atomic mass is 28.2. The van der Waals surface area contributed by atoms with Crippen LogP contribution in [-0.4, -0.2) is 9.52 Å². The normalized spacial score (nSPS) is 12.2. The molecular formula is C11H22Si. The van der Waals surface area contributed by atoms with Crippen LogP contribution in [-0.2, 0) is 0 Å². The van der Waals surface area contributed by atoms with E-state index in [2.05, 4.69) is 46.1 Å². The van der Waals surface area contributed by atoms with E-state index in [9.17, 15) is 0 Å². The van der Waals surface area contributed by atoms with Gasteiger partial charge in [0.1, 0.15) is 9.52 Å². The summed E-state index contributed by atoms with van der Waals surface area (Å²) in [6.07, 6.45) is 2.59. The Labute approximate surface area is 80.0 Å². The van der Waals surface area contributed by atoms with Gasteiger partial charge in [-0.25, -0.2) is 0 Å². The van der Waals surface area contributed by atoms with E-state index in [1.54, 1.807) is 0 Å². The molecule has 0 N–H and O–H groups in total. The van der Waals surface area contributed by atoms with E-state index >= 15 is 0 Å². The minimum atomic E-state index is -0.175. The van der Waals surface area contributed by atoms with Crippen molar-refractivity contribution in [3.63, 3.8) is 0 Å². The highest BCUT2D eigenvalue weighted by Crippen LogP contribution is 2.31. The molecule has 0 amide bonds. The maximum absolute atomic E-state index is 3.42. The second-order valence-corrected chi connectivity index (χ2v) is 6.58. The molecule has 0 saturated carbocycles. The van der Waals surface area contributed by atoms with Gasteiger partial charge in [0.2, 0.25) is 0 Å². The summed E-state index contributed by atoms with van der Waals surface area (Å²) >= 11 is 0. The maximum Gasteiger partial charge on any atom is 0.112 e. The van der Waals surface area contributed by atoms with E-state index in [1.807, 2.05) is 0 Å². The smallest absolute Gasteiger partial charge is 0.112 e. The standard InChI is InChI=1S/C11H22Si/c1-6-11(5,7-2)12-9-8-10(3)4/h10H,6-7,12H2,1-5H3. The van der Waals surface area contributed by atoms with Crippen molar-refractivity contribution >= 4 is 9.52 Å². The van der Waals surface area contributed by atoms with Gasteiger partial charge in [0.05, 0.1) is 0 Å². The largest absolute Gasteiger partial charge is 0.139 e. The predicted molar refractivity (Wildman–Crippen MR) is 60.1 cm³/mol. The van der Waals surface area contributed by atoms with Gasteiger partial charge in [-0.15, -0.1) is 11.5 Å². The average Bonchev–Trinajstić information content (AvgIpc) is 2.03. The molecular weight excluding hydrogens is 160 g/mol. The van der Waals surface area contributed by atoms with Gasteiger partial charge in [0, 0.05) is 5.92 Å². The maximum atomic E-state index is 3.42. The molecule has 0 spiro atoms. The summed E-state index contributed by atoms with van der Waals surface area (Å²) in [7, 11) is -0.175. The molecule has 0 rings (SSSR count). The second-order valence-electron chi connectivity index (χ2n) is 4.17. The first-order valence-corrected chi connectivity index (χ1v) is 6.44. The molecule has 0 aromatic heterocycles. The molecule has 0 aliphatic carbocycles. The first-order valence-electron chi connectivity index (χ1n) is 5.02. The minimum Gasteiger partial charge on any atom is -0.139 e. The molecule has 0 aliphatic rings. The molecule has 0 fully saturated rings. The minimum absolute atomic E-state index is 0.175. The molecule has 0 atom stereocenters. The van der Waals surface area contributed by atoms with E-state index in [-0.39, 0.29) is 9.52 Å². The zero-order valence-corrected chi connectivity index (χ0v) is 10.6. The average molecular weight is 182 g/mol. The Morgan fingerprint density at radius 2 is 1.75 bits per heavy atom. The molecule has 0 aliphatic heterocycles. The Morgan fingerprint density at radius 3 is 2.08 bits per heavy atom. The summed E-state index contributed by atoms with van der Waals surface area (Å²) in [5.41, 5.74) is 3.42. The van der Waals surface area contributed by atoms with Crippen molar-refractivity contribution in [3.05, 3.63) is 0 Å². The van der Waals surface area contributed by atoms with Crippen LogP contribution < -0.4 is 0 Å². The van der Waals surface area contributed by atoms with Gasteiger partial charge < -0.3 is 0 Å². The van der Waals surface area contributed by atoms with Crippen LogP contribution in [0.4, 0.5) is 0 Å². The van der Waals surface area contributed by atoms with Gasteiger partial charge in [0.25, 0.3) is 0 Å². The van der Waals surface area contributed by atoms with Crippen molar-refractivity contribution < 1.29 is 0 Å². The molecule has 0 heterocycles. The fourth-order valence-electron chi connectivity index (χ4n) is 0.969. The van der Waals surface area contributed by atoms with Crippen LogP contribution in [0.25, 0.3) is 0 Å². The fourth-order valence-corrected chi connectivity index (χ4v) is 2.41. The van der Waals surface area contributed by atoms with Crippen LogP contribution in [0.1, 0.15) is 47.5 Å². The summed E-state index contributed by atoms with van der Waals surface area (Å²) in [6, 6.07) is 0. The molecule has 0 radical (unpaired) electrons. The van der Waals surface area contributed by atoms with E-state index in [4.69, 9.17) is 0 Å². The van der Waals surface area contributed by atoms with Crippen LogP contribution in [0.2, 0.25) is 5.04 Å². The third kappa shape index (κ3) is 4.61. The van der Waals surface area contributed by atoms with Crippen molar-refractivity contribution in [2.45, 2.75) is 52.5 Å². The van der Waals surface area contributed by atoms with Gasteiger partial charge >= 0.3 is 0 Å². The quantitative estimate of drug-likeness (QED) is 0.465. The van der Waals surface area contributed by atoms with E-state index in [0.717, 1.165) is 0 Å². The molecule has 0 aromatic rings. The van der Waals surface area contributed by atoms with Gasteiger partial charge in [-0.05, 0) is 5.04 Å². The Hall–Kier alpha value is -0.223. The molecule has 0 unspecified atom stereocenters. The van der Waals surface area contributed by atoms with Gasteiger partial charge in [0.15, 0.2) is 0 Å². The number of hydrogen-bond acceptors (Lipinski definition) is 0. The molecule has 0 saturated heterocycles. The Bertz CT molecular complexity index is 167. The van der Waals surface area contributed by atoms with Crippen molar-refractivity contribution in [1.29, 1.82) is 0 Å². The van der Waals surface area contributed by atoms with E-state index in [0.29, 0.717) is 11.0 Å². The summed E-state index contributed by atoms with van der Waals surface area (Å²) in [5.74, 6) is 3.83. The highest BCUT2D eigenvalue weighted by Gasteiger charge is 2.18. The van der Waals surface area contributed by atoms with Crippen molar-refractivity contribution in [1.82, 2.24) is 0 Å². The summed E-state index contributed by atoms with van der Waals surface area (Å²) < 4.78 is 0. The molecule has 0 nitrogen and oxygen atoms in total. The van der Waals surface area contributed by atoms with Gasteiger partial charge in [-0.1, -0.05) is 47.5 Å². The van der Waals surface area contributed by atoms with Crippen LogP contribution in [0.5, 0.6) is 0 Å². The zero-order chi connectivity index (χ0) is 9.61. The Morgan fingerprint density at radius 1 is 1.25 bits per heavy atom. The summed E-state index contributed by atoms with van der Waals surface area (Å²) in [5, 5.41) is 0.585. The van der Waals surface area contributed by atoms with Gasteiger partial charge in [-0.2, -0.15) is 0 Å². The lowest BCUT2D eigenvalue weighted by Crippen LogP contribution is -2.13. The highest BCUT2D eigenvalue weighted by molar-refractivity contribution is 6.49.